The topological polar surface area (TPSA) is 84.5 Å². The van der Waals surface area contributed by atoms with Crippen LogP contribution in [0.1, 0.15) is 61.4 Å². The zero-order valence-electron chi connectivity index (χ0n) is 18.3. The zero-order chi connectivity index (χ0) is 22.3. The van der Waals surface area contributed by atoms with Gasteiger partial charge >= 0.3 is 0 Å². The normalized spacial score (nSPS) is 15.9. The first kappa shape index (κ1) is 23.3. The molecule has 3 rings (SSSR count). The van der Waals surface area contributed by atoms with E-state index in [1.165, 1.54) is 18.7 Å². The molecule has 7 heteroatoms. The van der Waals surface area contributed by atoms with Crippen molar-refractivity contribution in [2.24, 2.45) is 0 Å². The fraction of sp³-hybridized carbons (Fsp3) is 0.458. The third-order valence-corrected chi connectivity index (χ3v) is 7.27. The lowest BCUT2D eigenvalue weighted by Crippen LogP contribution is -2.36. The molecule has 168 valence electrons. The molecule has 1 amide bonds. The summed E-state index contributed by atoms with van der Waals surface area (Å²) in [7, 11) is -2.36. The molecule has 0 saturated heterocycles. The van der Waals surface area contributed by atoms with Crippen molar-refractivity contribution in [1.82, 2.24) is 10.0 Å². The molecule has 0 aromatic heterocycles. The molecule has 0 heterocycles. The Balaban J connectivity index is 1.69. The zero-order valence-corrected chi connectivity index (χ0v) is 19.1. The monoisotopic (exact) mass is 444 g/mol. The van der Waals surface area contributed by atoms with Gasteiger partial charge in [-0.2, -0.15) is 0 Å². The summed E-state index contributed by atoms with van der Waals surface area (Å²) in [6.07, 6.45) is 6.50. The van der Waals surface area contributed by atoms with Crippen LogP contribution in [-0.4, -0.2) is 33.5 Å². The average Bonchev–Trinajstić information content (AvgIpc) is 2.78. The molecule has 1 atom stereocenters. The van der Waals surface area contributed by atoms with Gasteiger partial charge in [-0.3, -0.25) is 4.79 Å². The number of nitrogens with one attached hydrogen (secondary N) is 2. The van der Waals surface area contributed by atoms with Crippen LogP contribution in [0.15, 0.2) is 53.4 Å². The lowest BCUT2D eigenvalue weighted by Gasteiger charge is -2.23. The Morgan fingerprint density at radius 2 is 1.81 bits per heavy atom. The van der Waals surface area contributed by atoms with Gasteiger partial charge < -0.3 is 10.1 Å². The number of benzene rings is 2. The summed E-state index contributed by atoms with van der Waals surface area (Å²) >= 11 is 0. The van der Waals surface area contributed by atoms with E-state index >= 15 is 0 Å². The smallest absolute Gasteiger partial charge is 0.251 e. The highest BCUT2D eigenvalue weighted by Crippen LogP contribution is 2.27. The van der Waals surface area contributed by atoms with Gasteiger partial charge in [-0.05, 0) is 56.4 Å². The molecule has 6 nitrogen and oxygen atoms in total. The minimum atomic E-state index is -3.79. The van der Waals surface area contributed by atoms with Crippen LogP contribution in [0.4, 0.5) is 0 Å². The summed E-state index contributed by atoms with van der Waals surface area (Å²) in [4.78, 5) is 12.8. The summed E-state index contributed by atoms with van der Waals surface area (Å²) in [6, 6.07) is 14.5. The van der Waals surface area contributed by atoms with Crippen LogP contribution in [0.3, 0.4) is 0 Å². The highest BCUT2D eigenvalue weighted by Gasteiger charge is 2.26. The van der Waals surface area contributed by atoms with E-state index < -0.39 is 10.0 Å². The Morgan fingerprint density at radius 3 is 2.48 bits per heavy atom. The SMILES string of the molecule is COc1ccc(C(=O)N[C@@H](C)CCc2ccccc2)cc1S(=O)(=O)NC1CCCCC1. The van der Waals surface area contributed by atoms with Gasteiger partial charge in [-0.25, -0.2) is 13.1 Å². The van der Waals surface area contributed by atoms with Crippen LogP contribution in [0.25, 0.3) is 0 Å². The molecule has 0 spiro atoms. The van der Waals surface area contributed by atoms with E-state index in [1.54, 1.807) is 12.1 Å². The predicted octanol–water partition coefficient (Wildman–Crippen LogP) is 4.06. The number of carbonyl (C=O) groups excluding carboxylic acids is 1. The van der Waals surface area contributed by atoms with Crippen molar-refractivity contribution in [1.29, 1.82) is 0 Å². The molecule has 0 bridgehead atoms. The summed E-state index contributed by atoms with van der Waals surface area (Å²) in [5.41, 5.74) is 1.52. The second-order valence-electron chi connectivity index (χ2n) is 8.22. The molecular formula is C24H32N2O4S. The van der Waals surface area contributed by atoms with Gasteiger partial charge in [0.1, 0.15) is 10.6 Å². The van der Waals surface area contributed by atoms with E-state index in [2.05, 4.69) is 22.2 Å². The number of methoxy groups -OCH3 is 1. The van der Waals surface area contributed by atoms with Gasteiger partial charge in [0.15, 0.2) is 0 Å². The van der Waals surface area contributed by atoms with E-state index in [4.69, 9.17) is 4.74 Å². The Hall–Kier alpha value is -2.38. The van der Waals surface area contributed by atoms with E-state index in [0.29, 0.717) is 5.56 Å². The van der Waals surface area contributed by atoms with E-state index in [9.17, 15) is 13.2 Å². The summed E-state index contributed by atoms with van der Waals surface area (Å²) in [5, 5.41) is 2.97. The maximum absolute atomic E-state index is 13.0. The van der Waals surface area contributed by atoms with E-state index in [1.807, 2.05) is 25.1 Å². The van der Waals surface area contributed by atoms with Crippen molar-refractivity contribution >= 4 is 15.9 Å². The van der Waals surface area contributed by atoms with Crippen LogP contribution < -0.4 is 14.8 Å². The predicted molar refractivity (Wildman–Crippen MR) is 122 cm³/mol. The molecule has 1 saturated carbocycles. The van der Waals surface area contributed by atoms with Crippen LogP contribution in [0.2, 0.25) is 0 Å². The average molecular weight is 445 g/mol. The number of hydrogen-bond donors (Lipinski definition) is 2. The minimum absolute atomic E-state index is 0.00478. The number of carbonyl (C=O) groups is 1. The first-order valence-electron chi connectivity index (χ1n) is 10.9. The number of ether oxygens (including phenoxy) is 1. The standard InChI is InChI=1S/C24H32N2O4S/c1-18(13-14-19-9-5-3-6-10-19)25-24(27)20-15-16-22(30-2)23(17-20)31(28,29)26-21-11-7-4-8-12-21/h3,5-6,9-10,15-18,21,26H,4,7-8,11-14H2,1-2H3,(H,25,27)/t18-/m0/s1. The molecule has 0 radical (unpaired) electrons. The Bertz CT molecular complexity index is 970. The number of rotatable bonds is 9. The van der Waals surface area contributed by atoms with E-state index in [-0.39, 0.29) is 28.6 Å². The lowest BCUT2D eigenvalue weighted by atomic mass is 9.96. The number of hydrogen-bond acceptors (Lipinski definition) is 4. The maximum Gasteiger partial charge on any atom is 0.251 e. The Morgan fingerprint density at radius 1 is 1.10 bits per heavy atom. The van der Waals surface area contributed by atoms with Crippen molar-refractivity contribution in [3.05, 3.63) is 59.7 Å². The quantitative estimate of drug-likeness (QED) is 0.611. The molecule has 2 N–H and O–H groups in total. The second kappa shape index (κ2) is 10.8. The third kappa shape index (κ3) is 6.55. The molecule has 2 aromatic rings. The molecule has 2 aromatic carbocycles. The van der Waals surface area contributed by atoms with Gasteiger partial charge in [0.25, 0.3) is 5.91 Å². The van der Waals surface area contributed by atoms with Gasteiger partial charge in [0, 0.05) is 17.6 Å². The van der Waals surface area contributed by atoms with Crippen molar-refractivity contribution < 1.29 is 17.9 Å². The van der Waals surface area contributed by atoms with Crippen molar-refractivity contribution in [2.75, 3.05) is 7.11 Å². The van der Waals surface area contributed by atoms with Crippen LogP contribution >= 0.6 is 0 Å². The van der Waals surface area contributed by atoms with Crippen LogP contribution in [0.5, 0.6) is 5.75 Å². The molecule has 31 heavy (non-hydrogen) atoms. The van der Waals surface area contributed by atoms with Crippen LogP contribution in [0, 0.1) is 0 Å². The molecule has 0 unspecified atom stereocenters. The Kier molecular flexibility index (Phi) is 8.09. The molecular weight excluding hydrogens is 412 g/mol. The highest BCUT2D eigenvalue weighted by atomic mass is 32.2. The van der Waals surface area contributed by atoms with Crippen molar-refractivity contribution in [3.63, 3.8) is 0 Å². The number of sulfonamides is 1. The van der Waals surface area contributed by atoms with Gasteiger partial charge in [0.05, 0.1) is 7.11 Å². The third-order valence-electron chi connectivity index (χ3n) is 5.73. The van der Waals surface area contributed by atoms with Gasteiger partial charge in [-0.1, -0.05) is 49.6 Å². The molecule has 1 aliphatic rings. The maximum atomic E-state index is 13.0. The van der Waals surface area contributed by atoms with Gasteiger partial charge in [-0.15, -0.1) is 0 Å². The summed E-state index contributed by atoms with van der Waals surface area (Å²) in [5.74, 6) is -0.0608. The fourth-order valence-corrected chi connectivity index (χ4v) is 5.44. The van der Waals surface area contributed by atoms with Crippen molar-refractivity contribution in [3.8, 4) is 5.75 Å². The number of amides is 1. The second-order valence-corrected chi connectivity index (χ2v) is 9.90. The lowest BCUT2D eigenvalue weighted by molar-refractivity contribution is 0.0938. The van der Waals surface area contributed by atoms with Crippen molar-refractivity contribution in [2.45, 2.75) is 68.8 Å². The minimum Gasteiger partial charge on any atom is -0.495 e. The molecule has 1 fully saturated rings. The van der Waals surface area contributed by atoms with E-state index in [0.717, 1.165) is 44.9 Å². The summed E-state index contributed by atoms with van der Waals surface area (Å²) in [6.45, 7) is 1.95. The highest BCUT2D eigenvalue weighted by molar-refractivity contribution is 7.89. The fourth-order valence-electron chi connectivity index (χ4n) is 3.94. The largest absolute Gasteiger partial charge is 0.495 e. The van der Waals surface area contributed by atoms with Crippen LogP contribution in [-0.2, 0) is 16.4 Å². The Labute approximate surface area is 185 Å². The van der Waals surface area contributed by atoms with Gasteiger partial charge in [0.2, 0.25) is 10.0 Å². The first-order valence-corrected chi connectivity index (χ1v) is 12.4. The number of aryl methyl sites for hydroxylation is 1. The molecule has 1 aliphatic carbocycles. The first-order chi connectivity index (χ1) is 14.9. The molecule has 0 aliphatic heterocycles. The summed E-state index contributed by atoms with van der Waals surface area (Å²) < 4.78 is 34.1.